The molecule has 4 heteroatoms. The second-order valence-corrected chi connectivity index (χ2v) is 3.11. The number of aromatic hydroxyl groups is 1. The molecule has 0 fully saturated rings. The largest absolute Gasteiger partial charge is 0.503 e. The van der Waals surface area contributed by atoms with Gasteiger partial charge in [0.2, 0.25) is 0 Å². The zero-order valence-electron chi connectivity index (χ0n) is 5.77. The summed E-state index contributed by atoms with van der Waals surface area (Å²) in [5, 5.41) is 9.78. The highest BCUT2D eigenvalue weighted by Crippen LogP contribution is 2.38. The molecule has 11 heavy (non-hydrogen) atoms. The molecule has 0 aliphatic rings. The Balaban J connectivity index is 3.25. The van der Waals surface area contributed by atoms with Gasteiger partial charge in [0, 0.05) is 0 Å². The average Bonchev–Trinajstić information content (AvgIpc) is 2.01. The van der Waals surface area contributed by atoms with Gasteiger partial charge in [0.25, 0.3) is 0 Å². The molecule has 0 aliphatic heterocycles. The Bertz CT molecular complexity index is 275. The van der Waals surface area contributed by atoms with Crippen LogP contribution in [0.5, 0.6) is 11.5 Å². The standard InChI is InChI=1S/C7H6BrClO2/c1-11-5-3-2-4(9)6(8)7(5)10/h2-3,10H,1H3. The first-order valence-corrected chi connectivity index (χ1v) is 4.05. The molecule has 0 amide bonds. The molecule has 0 atom stereocenters. The van der Waals surface area contributed by atoms with Crippen LogP contribution in [-0.2, 0) is 0 Å². The van der Waals surface area contributed by atoms with Gasteiger partial charge in [-0.05, 0) is 28.1 Å². The van der Waals surface area contributed by atoms with Crippen molar-refractivity contribution in [2.45, 2.75) is 0 Å². The topological polar surface area (TPSA) is 29.5 Å². The molecule has 1 aromatic rings. The fraction of sp³-hybridized carbons (Fsp3) is 0.143. The molecule has 0 saturated carbocycles. The quantitative estimate of drug-likeness (QED) is 0.814. The van der Waals surface area contributed by atoms with Gasteiger partial charge in [0.15, 0.2) is 11.5 Å². The van der Waals surface area contributed by atoms with Crippen molar-refractivity contribution in [3.05, 3.63) is 21.6 Å². The highest BCUT2D eigenvalue weighted by atomic mass is 79.9. The number of hydrogen-bond donors (Lipinski definition) is 1. The zero-order valence-corrected chi connectivity index (χ0v) is 8.11. The van der Waals surface area contributed by atoms with Crippen LogP contribution in [0.3, 0.4) is 0 Å². The maximum Gasteiger partial charge on any atom is 0.173 e. The smallest absolute Gasteiger partial charge is 0.173 e. The van der Waals surface area contributed by atoms with Crippen LogP contribution >= 0.6 is 27.5 Å². The first-order valence-electron chi connectivity index (χ1n) is 2.87. The molecule has 0 unspecified atom stereocenters. The first kappa shape index (κ1) is 8.68. The second kappa shape index (κ2) is 3.32. The van der Waals surface area contributed by atoms with E-state index >= 15 is 0 Å². The fourth-order valence-electron chi connectivity index (χ4n) is 0.687. The average molecular weight is 237 g/mol. The molecule has 1 rings (SSSR count). The van der Waals surface area contributed by atoms with Gasteiger partial charge in [-0.3, -0.25) is 0 Å². The van der Waals surface area contributed by atoms with Crippen LogP contribution in [0.25, 0.3) is 0 Å². The van der Waals surface area contributed by atoms with E-state index in [9.17, 15) is 5.11 Å². The van der Waals surface area contributed by atoms with Crippen LogP contribution in [0.4, 0.5) is 0 Å². The summed E-state index contributed by atoms with van der Waals surface area (Å²) in [7, 11) is 1.48. The van der Waals surface area contributed by atoms with E-state index in [0.29, 0.717) is 15.2 Å². The molecule has 0 saturated heterocycles. The van der Waals surface area contributed by atoms with Crippen molar-refractivity contribution in [2.24, 2.45) is 0 Å². The molecule has 0 radical (unpaired) electrons. The maximum atomic E-state index is 9.32. The Labute approximate surface area is 77.9 Å². The van der Waals surface area contributed by atoms with E-state index in [1.807, 2.05) is 0 Å². The van der Waals surface area contributed by atoms with Crippen LogP contribution in [0, 0.1) is 0 Å². The van der Waals surface area contributed by atoms with Gasteiger partial charge in [0.1, 0.15) is 0 Å². The molecule has 0 bridgehead atoms. The summed E-state index contributed by atoms with van der Waals surface area (Å²) in [5.74, 6) is 0.432. The Hall–Kier alpha value is -0.410. The predicted octanol–water partition coefficient (Wildman–Crippen LogP) is 2.82. The molecule has 1 aromatic carbocycles. The summed E-state index contributed by atoms with van der Waals surface area (Å²) in [4.78, 5) is 0. The molecule has 1 N–H and O–H groups in total. The van der Waals surface area contributed by atoms with E-state index in [0.717, 1.165) is 0 Å². The monoisotopic (exact) mass is 236 g/mol. The molecule has 2 nitrogen and oxygen atoms in total. The number of rotatable bonds is 1. The lowest BCUT2D eigenvalue weighted by molar-refractivity contribution is 0.372. The Kier molecular flexibility index (Phi) is 2.62. The van der Waals surface area contributed by atoms with Crippen LogP contribution in [0.1, 0.15) is 0 Å². The summed E-state index contributed by atoms with van der Waals surface area (Å²) < 4.78 is 5.30. The molecule has 60 valence electrons. The SMILES string of the molecule is COc1ccc(Cl)c(Br)c1O. The van der Waals surface area contributed by atoms with Crippen molar-refractivity contribution < 1.29 is 9.84 Å². The highest BCUT2D eigenvalue weighted by molar-refractivity contribution is 9.10. The molecule has 0 heterocycles. The van der Waals surface area contributed by atoms with Crippen molar-refractivity contribution in [1.82, 2.24) is 0 Å². The van der Waals surface area contributed by atoms with Gasteiger partial charge in [-0.2, -0.15) is 0 Å². The minimum atomic E-state index is 0.0278. The van der Waals surface area contributed by atoms with Crippen molar-refractivity contribution in [2.75, 3.05) is 7.11 Å². The molecule has 0 aromatic heterocycles. The van der Waals surface area contributed by atoms with Crippen molar-refractivity contribution in [3.63, 3.8) is 0 Å². The number of halogens is 2. The molecule has 0 spiro atoms. The summed E-state index contributed by atoms with van der Waals surface area (Å²) in [6.45, 7) is 0. The third-order valence-electron chi connectivity index (χ3n) is 1.25. The normalized spacial score (nSPS) is 9.73. The van der Waals surface area contributed by atoms with E-state index in [1.165, 1.54) is 7.11 Å². The van der Waals surface area contributed by atoms with Gasteiger partial charge in [-0.15, -0.1) is 0 Å². The maximum absolute atomic E-state index is 9.32. The number of methoxy groups -OCH3 is 1. The Morgan fingerprint density at radius 1 is 1.55 bits per heavy atom. The highest BCUT2D eigenvalue weighted by Gasteiger charge is 2.08. The Morgan fingerprint density at radius 2 is 2.18 bits per heavy atom. The van der Waals surface area contributed by atoms with Crippen LogP contribution in [0.2, 0.25) is 5.02 Å². The molecular weight excluding hydrogens is 231 g/mol. The Morgan fingerprint density at radius 3 is 2.73 bits per heavy atom. The van der Waals surface area contributed by atoms with E-state index in [4.69, 9.17) is 16.3 Å². The van der Waals surface area contributed by atoms with E-state index in [1.54, 1.807) is 12.1 Å². The van der Waals surface area contributed by atoms with Crippen molar-refractivity contribution >= 4 is 27.5 Å². The lowest BCUT2D eigenvalue weighted by Gasteiger charge is -2.04. The predicted molar refractivity (Wildman–Crippen MR) is 47.4 cm³/mol. The number of phenols is 1. The van der Waals surface area contributed by atoms with Crippen LogP contribution < -0.4 is 4.74 Å². The lowest BCUT2D eigenvalue weighted by Crippen LogP contribution is -1.83. The number of hydrogen-bond acceptors (Lipinski definition) is 2. The van der Waals surface area contributed by atoms with Gasteiger partial charge in [-0.1, -0.05) is 11.6 Å². The summed E-state index contributed by atoms with van der Waals surface area (Å²) in [5.41, 5.74) is 0. The molecule has 0 aliphatic carbocycles. The fourth-order valence-corrected chi connectivity index (χ4v) is 1.17. The third-order valence-corrected chi connectivity index (χ3v) is 2.60. The summed E-state index contributed by atoms with van der Waals surface area (Å²) >= 11 is 8.79. The van der Waals surface area contributed by atoms with Gasteiger partial charge in [0.05, 0.1) is 16.6 Å². The lowest BCUT2D eigenvalue weighted by atomic mass is 10.3. The van der Waals surface area contributed by atoms with Crippen LogP contribution in [-0.4, -0.2) is 12.2 Å². The van der Waals surface area contributed by atoms with E-state index < -0.39 is 0 Å². The first-order chi connectivity index (χ1) is 5.16. The van der Waals surface area contributed by atoms with Gasteiger partial charge in [-0.25, -0.2) is 0 Å². The van der Waals surface area contributed by atoms with Crippen molar-refractivity contribution in [1.29, 1.82) is 0 Å². The number of ether oxygens (including phenoxy) is 1. The summed E-state index contributed by atoms with van der Waals surface area (Å²) in [6, 6.07) is 3.24. The second-order valence-electron chi connectivity index (χ2n) is 1.91. The van der Waals surface area contributed by atoms with Crippen LogP contribution in [0.15, 0.2) is 16.6 Å². The van der Waals surface area contributed by atoms with E-state index in [2.05, 4.69) is 15.9 Å². The van der Waals surface area contributed by atoms with Gasteiger partial charge < -0.3 is 9.84 Å². The minimum absolute atomic E-state index is 0.0278. The minimum Gasteiger partial charge on any atom is -0.503 e. The number of benzene rings is 1. The van der Waals surface area contributed by atoms with Gasteiger partial charge >= 0.3 is 0 Å². The number of phenolic OH excluding ortho intramolecular Hbond substituents is 1. The van der Waals surface area contributed by atoms with Crippen molar-refractivity contribution in [3.8, 4) is 11.5 Å². The molecular formula is C7H6BrClO2. The zero-order chi connectivity index (χ0) is 8.43. The third kappa shape index (κ3) is 1.60. The summed E-state index contributed by atoms with van der Waals surface area (Å²) in [6.07, 6.45) is 0. The van der Waals surface area contributed by atoms with E-state index in [-0.39, 0.29) is 5.75 Å².